The van der Waals surface area contributed by atoms with Gasteiger partial charge in [-0.15, -0.1) is 10.2 Å². The van der Waals surface area contributed by atoms with Crippen LogP contribution in [0.2, 0.25) is 0 Å². The molecule has 0 fully saturated rings. The molecule has 0 unspecified atom stereocenters. The van der Waals surface area contributed by atoms with Gasteiger partial charge in [-0.05, 0) is 25.1 Å². The van der Waals surface area contributed by atoms with E-state index in [2.05, 4.69) is 10.2 Å². The molecule has 0 atom stereocenters. The van der Waals surface area contributed by atoms with Crippen molar-refractivity contribution in [2.75, 3.05) is 6.54 Å². The van der Waals surface area contributed by atoms with Crippen LogP contribution in [0.5, 0.6) is 0 Å². The molecule has 0 spiro atoms. The Hall–Kier alpha value is -1.62. The van der Waals surface area contributed by atoms with E-state index in [1.807, 2.05) is 0 Å². The van der Waals surface area contributed by atoms with E-state index in [-0.39, 0.29) is 0 Å². The Labute approximate surface area is 80.9 Å². The minimum absolute atomic E-state index is 0.419. The minimum atomic E-state index is 0.419. The standard InChI is InChI=1S/C9H11N3O2/c10-5-1-4-8-11-12-9(14-8)7-3-2-6-13-7/h2-3,6H,1,4-5,10H2. The molecule has 0 amide bonds. The minimum Gasteiger partial charge on any atom is -0.459 e. The first kappa shape index (κ1) is 8.96. The molecular weight excluding hydrogens is 182 g/mol. The second kappa shape index (κ2) is 4.06. The maximum atomic E-state index is 5.37. The summed E-state index contributed by atoms with van der Waals surface area (Å²) in [6, 6.07) is 3.55. The Kier molecular flexibility index (Phi) is 2.60. The highest BCUT2D eigenvalue weighted by atomic mass is 16.4. The van der Waals surface area contributed by atoms with Gasteiger partial charge in [0, 0.05) is 6.42 Å². The predicted molar refractivity (Wildman–Crippen MR) is 49.4 cm³/mol. The second-order valence-corrected chi connectivity index (χ2v) is 2.87. The molecule has 74 valence electrons. The number of furan rings is 1. The Morgan fingerprint density at radius 3 is 3.00 bits per heavy atom. The summed E-state index contributed by atoms with van der Waals surface area (Å²) in [5.41, 5.74) is 5.37. The second-order valence-electron chi connectivity index (χ2n) is 2.87. The van der Waals surface area contributed by atoms with Crippen molar-refractivity contribution in [3.8, 4) is 11.7 Å². The van der Waals surface area contributed by atoms with Crippen LogP contribution in [0.15, 0.2) is 27.2 Å². The van der Waals surface area contributed by atoms with E-state index in [1.165, 1.54) is 0 Å². The molecule has 0 aliphatic rings. The van der Waals surface area contributed by atoms with Crippen LogP contribution in [0, 0.1) is 0 Å². The molecule has 14 heavy (non-hydrogen) atoms. The van der Waals surface area contributed by atoms with Gasteiger partial charge in [0.25, 0.3) is 5.89 Å². The molecule has 0 saturated carbocycles. The van der Waals surface area contributed by atoms with Gasteiger partial charge in [-0.1, -0.05) is 0 Å². The fourth-order valence-corrected chi connectivity index (χ4v) is 1.11. The first-order valence-electron chi connectivity index (χ1n) is 4.46. The first-order valence-corrected chi connectivity index (χ1v) is 4.46. The van der Waals surface area contributed by atoms with Gasteiger partial charge in [0.2, 0.25) is 5.89 Å². The lowest BCUT2D eigenvalue weighted by Gasteiger charge is -1.89. The normalized spacial score (nSPS) is 10.6. The molecule has 2 rings (SSSR count). The average molecular weight is 193 g/mol. The third kappa shape index (κ3) is 1.82. The fraction of sp³-hybridized carbons (Fsp3) is 0.333. The Bertz CT molecular complexity index is 380. The summed E-state index contributed by atoms with van der Waals surface area (Å²) in [7, 11) is 0. The molecule has 0 radical (unpaired) electrons. The van der Waals surface area contributed by atoms with Crippen molar-refractivity contribution in [3.63, 3.8) is 0 Å². The van der Waals surface area contributed by atoms with Crippen molar-refractivity contribution in [3.05, 3.63) is 24.3 Å². The van der Waals surface area contributed by atoms with Crippen LogP contribution in [-0.4, -0.2) is 16.7 Å². The zero-order valence-electron chi connectivity index (χ0n) is 7.64. The predicted octanol–water partition coefficient (Wildman–Crippen LogP) is 1.22. The van der Waals surface area contributed by atoms with Crippen LogP contribution in [0.25, 0.3) is 11.7 Å². The first-order chi connectivity index (χ1) is 6.90. The smallest absolute Gasteiger partial charge is 0.283 e. The number of rotatable bonds is 4. The third-order valence-corrected chi connectivity index (χ3v) is 1.79. The summed E-state index contributed by atoms with van der Waals surface area (Å²) >= 11 is 0. The van der Waals surface area contributed by atoms with Crippen molar-refractivity contribution in [2.45, 2.75) is 12.8 Å². The maximum Gasteiger partial charge on any atom is 0.283 e. The molecule has 0 saturated heterocycles. The number of hydrogen-bond acceptors (Lipinski definition) is 5. The molecule has 0 aliphatic heterocycles. The molecule has 5 heteroatoms. The van der Waals surface area contributed by atoms with E-state index in [9.17, 15) is 0 Å². The van der Waals surface area contributed by atoms with E-state index in [1.54, 1.807) is 18.4 Å². The largest absolute Gasteiger partial charge is 0.459 e. The number of hydrogen-bond donors (Lipinski definition) is 1. The summed E-state index contributed by atoms with van der Waals surface area (Å²) < 4.78 is 10.5. The molecule has 0 aliphatic carbocycles. The van der Waals surface area contributed by atoms with E-state index in [4.69, 9.17) is 14.6 Å². The van der Waals surface area contributed by atoms with Gasteiger partial charge in [0.05, 0.1) is 6.26 Å². The highest BCUT2D eigenvalue weighted by Crippen LogP contribution is 2.17. The quantitative estimate of drug-likeness (QED) is 0.789. The van der Waals surface area contributed by atoms with Crippen molar-refractivity contribution < 1.29 is 8.83 Å². The number of nitrogens with two attached hydrogens (primary N) is 1. The monoisotopic (exact) mass is 193 g/mol. The Morgan fingerprint density at radius 2 is 2.29 bits per heavy atom. The van der Waals surface area contributed by atoms with Crippen LogP contribution < -0.4 is 5.73 Å². The molecule has 0 aromatic carbocycles. The van der Waals surface area contributed by atoms with Crippen LogP contribution in [0.1, 0.15) is 12.3 Å². The number of aromatic nitrogens is 2. The lowest BCUT2D eigenvalue weighted by molar-refractivity contribution is 0.475. The van der Waals surface area contributed by atoms with Gasteiger partial charge in [-0.25, -0.2) is 0 Å². The topological polar surface area (TPSA) is 78.1 Å². The lowest BCUT2D eigenvalue weighted by atomic mass is 10.3. The number of aryl methyl sites for hydroxylation is 1. The van der Waals surface area contributed by atoms with Gasteiger partial charge in [0.15, 0.2) is 5.76 Å². The summed E-state index contributed by atoms with van der Waals surface area (Å²) in [6.45, 7) is 0.623. The third-order valence-electron chi connectivity index (χ3n) is 1.79. The Balaban J connectivity index is 2.10. The highest BCUT2D eigenvalue weighted by molar-refractivity contribution is 5.42. The van der Waals surface area contributed by atoms with E-state index >= 15 is 0 Å². The van der Waals surface area contributed by atoms with Crippen molar-refractivity contribution >= 4 is 0 Å². The van der Waals surface area contributed by atoms with Gasteiger partial charge < -0.3 is 14.6 Å². The molecule has 2 heterocycles. The van der Waals surface area contributed by atoms with Crippen LogP contribution in [0.4, 0.5) is 0 Å². The Morgan fingerprint density at radius 1 is 1.36 bits per heavy atom. The van der Waals surface area contributed by atoms with Crippen LogP contribution in [0.3, 0.4) is 0 Å². The van der Waals surface area contributed by atoms with E-state index < -0.39 is 0 Å². The van der Waals surface area contributed by atoms with Crippen LogP contribution in [-0.2, 0) is 6.42 Å². The summed E-state index contributed by atoms with van der Waals surface area (Å²) in [6.07, 6.45) is 3.13. The van der Waals surface area contributed by atoms with E-state index in [0.717, 1.165) is 6.42 Å². The maximum absolute atomic E-state index is 5.37. The summed E-state index contributed by atoms with van der Waals surface area (Å²) in [5, 5.41) is 7.74. The van der Waals surface area contributed by atoms with Crippen molar-refractivity contribution in [2.24, 2.45) is 5.73 Å². The van der Waals surface area contributed by atoms with Gasteiger partial charge in [-0.2, -0.15) is 0 Å². The molecule has 2 N–H and O–H groups in total. The van der Waals surface area contributed by atoms with Gasteiger partial charge in [0.1, 0.15) is 0 Å². The number of nitrogens with zero attached hydrogens (tertiary/aromatic N) is 2. The average Bonchev–Trinajstić information content (AvgIpc) is 2.85. The van der Waals surface area contributed by atoms with Crippen LogP contribution >= 0.6 is 0 Å². The summed E-state index contributed by atoms with van der Waals surface area (Å²) in [4.78, 5) is 0. The lowest BCUT2D eigenvalue weighted by Crippen LogP contribution is -2.00. The molecule has 2 aromatic heterocycles. The highest BCUT2D eigenvalue weighted by Gasteiger charge is 2.09. The van der Waals surface area contributed by atoms with Gasteiger partial charge in [-0.3, -0.25) is 0 Å². The van der Waals surface area contributed by atoms with E-state index in [0.29, 0.717) is 30.5 Å². The van der Waals surface area contributed by atoms with Gasteiger partial charge >= 0.3 is 0 Å². The molecule has 5 nitrogen and oxygen atoms in total. The fourth-order valence-electron chi connectivity index (χ4n) is 1.11. The molecular formula is C9H11N3O2. The SMILES string of the molecule is NCCCc1nnc(-c2ccco2)o1. The zero-order chi connectivity index (χ0) is 9.80. The summed E-state index contributed by atoms with van der Waals surface area (Å²) in [5.74, 6) is 1.61. The zero-order valence-corrected chi connectivity index (χ0v) is 7.64. The van der Waals surface area contributed by atoms with Crippen molar-refractivity contribution in [1.82, 2.24) is 10.2 Å². The van der Waals surface area contributed by atoms with Crippen molar-refractivity contribution in [1.29, 1.82) is 0 Å². The molecule has 0 bridgehead atoms. The molecule has 2 aromatic rings.